The molecule has 2 heterocycles. The van der Waals surface area contributed by atoms with Crippen molar-refractivity contribution < 1.29 is 0 Å². The Hall–Kier alpha value is -2.62. The summed E-state index contributed by atoms with van der Waals surface area (Å²) in [6, 6.07) is 8.21. The number of hydrogen-bond donors (Lipinski definition) is 1. The van der Waals surface area contributed by atoms with Crippen LogP contribution in [0.4, 0.5) is 5.95 Å². The van der Waals surface area contributed by atoms with Gasteiger partial charge in [-0.05, 0) is 19.1 Å². The van der Waals surface area contributed by atoms with Crippen molar-refractivity contribution >= 4 is 16.7 Å². The Bertz CT molecular complexity index is 753. The van der Waals surface area contributed by atoms with Crippen LogP contribution in [0.3, 0.4) is 0 Å². The number of rotatable bonds is 4. The van der Waals surface area contributed by atoms with Crippen LogP contribution in [0.15, 0.2) is 55.5 Å². The first kappa shape index (κ1) is 12.4. The summed E-state index contributed by atoms with van der Waals surface area (Å²) in [4.78, 5) is 8.69. The molecule has 0 atom stereocenters. The summed E-state index contributed by atoms with van der Waals surface area (Å²) < 4.78 is 2.07. The van der Waals surface area contributed by atoms with Crippen molar-refractivity contribution in [1.82, 2.24) is 14.5 Å². The first-order valence-corrected chi connectivity index (χ1v) is 6.53. The first-order chi connectivity index (χ1) is 9.79. The molecule has 0 aliphatic heterocycles. The van der Waals surface area contributed by atoms with Crippen molar-refractivity contribution in [2.75, 3.05) is 11.9 Å². The number of pyridine rings is 1. The molecule has 4 nitrogen and oxygen atoms in total. The van der Waals surface area contributed by atoms with E-state index in [1.54, 1.807) is 0 Å². The Balaban J connectivity index is 2.18. The van der Waals surface area contributed by atoms with Crippen LogP contribution >= 0.6 is 0 Å². The Morgan fingerprint density at radius 3 is 3.10 bits per heavy atom. The molecule has 1 N–H and O–H groups in total. The molecule has 2 aromatic heterocycles. The molecule has 0 spiro atoms. The van der Waals surface area contributed by atoms with Crippen LogP contribution in [0.25, 0.3) is 16.5 Å². The molecule has 20 heavy (non-hydrogen) atoms. The molecule has 0 amide bonds. The zero-order valence-electron chi connectivity index (χ0n) is 11.4. The fourth-order valence-corrected chi connectivity index (χ4v) is 2.29. The lowest BCUT2D eigenvalue weighted by Gasteiger charge is -2.11. The topological polar surface area (TPSA) is 42.7 Å². The second-order valence-corrected chi connectivity index (χ2v) is 4.62. The van der Waals surface area contributed by atoms with Crippen molar-refractivity contribution in [3.63, 3.8) is 0 Å². The molecule has 0 radical (unpaired) electrons. The number of nitrogens with one attached hydrogen (secondary N) is 1. The smallest absolute Gasteiger partial charge is 0.208 e. The minimum Gasteiger partial charge on any atom is -0.352 e. The normalized spacial score (nSPS) is 10.7. The van der Waals surface area contributed by atoms with Crippen LogP contribution in [0.2, 0.25) is 0 Å². The minimum absolute atomic E-state index is 0.683. The summed E-state index contributed by atoms with van der Waals surface area (Å²) in [6.07, 6.45) is 7.54. The Morgan fingerprint density at radius 1 is 1.35 bits per heavy atom. The second kappa shape index (κ2) is 5.17. The number of aromatic nitrogens is 3. The van der Waals surface area contributed by atoms with Gasteiger partial charge in [0.15, 0.2) is 0 Å². The SMILES string of the molecule is C=CCNc1nc(C)cn1-c1cccc2cnccc12. The van der Waals surface area contributed by atoms with E-state index in [0.717, 1.165) is 28.1 Å². The van der Waals surface area contributed by atoms with E-state index in [1.165, 1.54) is 0 Å². The van der Waals surface area contributed by atoms with Crippen LogP contribution in [0, 0.1) is 6.92 Å². The van der Waals surface area contributed by atoms with E-state index in [1.807, 2.05) is 43.7 Å². The summed E-state index contributed by atoms with van der Waals surface area (Å²) in [5, 5.41) is 5.54. The largest absolute Gasteiger partial charge is 0.352 e. The van der Waals surface area contributed by atoms with Crippen LogP contribution in [-0.4, -0.2) is 21.1 Å². The maximum absolute atomic E-state index is 4.52. The third kappa shape index (κ3) is 2.16. The van der Waals surface area contributed by atoms with Gasteiger partial charge >= 0.3 is 0 Å². The number of aryl methyl sites for hydroxylation is 1. The van der Waals surface area contributed by atoms with E-state index in [9.17, 15) is 0 Å². The lowest BCUT2D eigenvalue weighted by atomic mass is 10.1. The molecule has 0 saturated heterocycles. The maximum Gasteiger partial charge on any atom is 0.208 e. The number of fused-ring (bicyclic) bond motifs is 1. The van der Waals surface area contributed by atoms with Gasteiger partial charge in [-0.3, -0.25) is 9.55 Å². The number of imidazole rings is 1. The lowest BCUT2D eigenvalue weighted by molar-refractivity contribution is 1.05. The monoisotopic (exact) mass is 264 g/mol. The molecule has 0 saturated carbocycles. The van der Waals surface area contributed by atoms with E-state index >= 15 is 0 Å². The molecule has 0 fully saturated rings. The molecular formula is C16H16N4. The lowest BCUT2D eigenvalue weighted by Crippen LogP contribution is -2.05. The van der Waals surface area contributed by atoms with Crippen LogP contribution in [0.5, 0.6) is 0 Å². The molecule has 0 bridgehead atoms. The van der Waals surface area contributed by atoms with Gasteiger partial charge in [-0.25, -0.2) is 4.98 Å². The Labute approximate surface area is 117 Å². The molecule has 4 heteroatoms. The summed E-state index contributed by atoms with van der Waals surface area (Å²) in [5.41, 5.74) is 2.07. The Kier molecular flexibility index (Phi) is 3.21. The summed E-state index contributed by atoms with van der Waals surface area (Å²) >= 11 is 0. The molecular weight excluding hydrogens is 248 g/mol. The number of nitrogens with zero attached hydrogens (tertiary/aromatic N) is 3. The summed E-state index contributed by atoms with van der Waals surface area (Å²) in [6.45, 7) is 6.40. The van der Waals surface area contributed by atoms with Crippen LogP contribution in [0.1, 0.15) is 5.69 Å². The fraction of sp³-hybridized carbons (Fsp3) is 0.125. The zero-order valence-corrected chi connectivity index (χ0v) is 11.4. The van der Waals surface area contributed by atoms with E-state index in [4.69, 9.17) is 0 Å². The summed E-state index contributed by atoms with van der Waals surface area (Å²) in [7, 11) is 0. The van der Waals surface area contributed by atoms with Crippen LogP contribution in [-0.2, 0) is 0 Å². The highest BCUT2D eigenvalue weighted by molar-refractivity contribution is 5.89. The van der Waals surface area contributed by atoms with Gasteiger partial charge < -0.3 is 5.32 Å². The number of hydrogen-bond acceptors (Lipinski definition) is 3. The van der Waals surface area contributed by atoms with Gasteiger partial charge in [0.25, 0.3) is 0 Å². The highest BCUT2D eigenvalue weighted by Crippen LogP contribution is 2.24. The number of benzene rings is 1. The average Bonchev–Trinajstić information content (AvgIpc) is 2.85. The van der Waals surface area contributed by atoms with Gasteiger partial charge in [0, 0.05) is 35.9 Å². The molecule has 0 aliphatic carbocycles. The Morgan fingerprint density at radius 2 is 2.25 bits per heavy atom. The van der Waals surface area contributed by atoms with E-state index in [0.29, 0.717) is 6.54 Å². The minimum atomic E-state index is 0.683. The van der Waals surface area contributed by atoms with Gasteiger partial charge in [0.1, 0.15) is 0 Å². The average molecular weight is 264 g/mol. The molecule has 1 aromatic carbocycles. The molecule has 3 rings (SSSR count). The van der Waals surface area contributed by atoms with Crippen molar-refractivity contribution in [2.24, 2.45) is 0 Å². The first-order valence-electron chi connectivity index (χ1n) is 6.53. The van der Waals surface area contributed by atoms with Crippen molar-refractivity contribution in [2.45, 2.75) is 6.92 Å². The third-order valence-electron chi connectivity index (χ3n) is 3.15. The van der Waals surface area contributed by atoms with Gasteiger partial charge in [-0.15, -0.1) is 6.58 Å². The van der Waals surface area contributed by atoms with E-state index in [-0.39, 0.29) is 0 Å². The summed E-state index contributed by atoms with van der Waals surface area (Å²) in [5.74, 6) is 0.826. The number of anilines is 1. The highest BCUT2D eigenvalue weighted by atomic mass is 15.2. The molecule has 100 valence electrons. The highest BCUT2D eigenvalue weighted by Gasteiger charge is 2.09. The quantitative estimate of drug-likeness (QED) is 0.735. The fourth-order valence-electron chi connectivity index (χ4n) is 2.29. The van der Waals surface area contributed by atoms with E-state index in [2.05, 4.69) is 38.6 Å². The molecule has 0 aliphatic rings. The molecule has 0 unspecified atom stereocenters. The van der Waals surface area contributed by atoms with Crippen molar-refractivity contribution in [1.29, 1.82) is 0 Å². The van der Waals surface area contributed by atoms with Crippen molar-refractivity contribution in [3.05, 3.63) is 61.2 Å². The third-order valence-corrected chi connectivity index (χ3v) is 3.15. The van der Waals surface area contributed by atoms with Gasteiger partial charge in [-0.2, -0.15) is 0 Å². The van der Waals surface area contributed by atoms with Crippen molar-refractivity contribution in [3.8, 4) is 5.69 Å². The molecule has 3 aromatic rings. The zero-order chi connectivity index (χ0) is 13.9. The van der Waals surface area contributed by atoms with E-state index < -0.39 is 0 Å². The predicted molar refractivity (Wildman–Crippen MR) is 82.3 cm³/mol. The maximum atomic E-state index is 4.52. The van der Waals surface area contributed by atoms with Gasteiger partial charge in [0.05, 0.1) is 11.4 Å². The second-order valence-electron chi connectivity index (χ2n) is 4.62. The predicted octanol–water partition coefficient (Wildman–Crippen LogP) is 3.33. The van der Waals surface area contributed by atoms with Crippen LogP contribution < -0.4 is 5.32 Å². The standard InChI is InChI=1S/C16H16N4/c1-3-8-18-16-19-12(2)11-20(16)15-6-4-5-13-10-17-9-7-14(13)15/h3-7,9-11H,1,8H2,2H3,(H,18,19). The van der Waals surface area contributed by atoms with Gasteiger partial charge in [-0.1, -0.05) is 18.2 Å². The van der Waals surface area contributed by atoms with Gasteiger partial charge in [0.2, 0.25) is 5.95 Å².